The van der Waals surface area contributed by atoms with Gasteiger partial charge < -0.3 is 15.5 Å². The first-order valence-corrected chi connectivity index (χ1v) is 10.6. The number of aliphatic hydroxyl groups is 2. The molecule has 0 heterocycles. The number of unbranched alkanes of at least 4 members (excludes halogenated alkanes) is 8. The van der Waals surface area contributed by atoms with Crippen molar-refractivity contribution in [1.29, 1.82) is 0 Å². The van der Waals surface area contributed by atoms with Crippen LogP contribution in [0.15, 0.2) is 36.4 Å². The first-order chi connectivity index (χ1) is 13.1. The van der Waals surface area contributed by atoms with Crippen LogP contribution in [0.3, 0.4) is 0 Å². The van der Waals surface area contributed by atoms with Crippen molar-refractivity contribution >= 4 is 21.5 Å². The van der Waals surface area contributed by atoms with Crippen molar-refractivity contribution in [2.75, 3.05) is 14.1 Å². The Bertz CT molecular complexity index is 583. The summed E-state index contributed by atoms with van der Waals surface area (Å²) in [7, 11) is 3.75. The van der Waals surface area contributed by atoms with Gasteiger partial charge in [0.15, 0.2) is 6.29 Å². The fraction of sp³-hybridized carbons (Fsp3) is 0.583. The van der Waals surface area contributed by atoms with E-state index in [4.69, 9.17) is 10.2 Å². The van der Waals surface area contributed by atoms with Crippen LogP contribution in [0.1, 0.15) is 71.1 Å². The number of hydrogen-bond acceptors (Lipinski definition) is 3. The molecule has 0 aromatic heterocycles. The van der Waals surface area contributed by atoms with Crippen LogP contribution in [0.4, 0.5) is 0 Å². The standard InChI is InChI=1S/C12H26O2.C10H6.C2H7N/c1-2-3-4-5-6-7-8-9-10-11-12(13)14;1-2-8-6-9-3-4-10(8)5-7(1)9;1-3-2/h12-14H,2-11H2,1H3;1-6H;3H,1-2H3. The number of fused-ring (bicyclic) bond motifs is 2. The van der Waals surface area contributed by atoms with Crippen LogP contribution >= 0.6 is 0 Å². The summed E-state index contributed by atoms with van der Waals surface area (Å²) in [5.74, 6) is 0. The summed E-state index contributed by atoms with van der Waals surface area (Å²) >= 11 is 0. The van der Waals surface area contributed by atoms with E-state index in [1.165, 1.54) is 66.5 Å². The number of rotatable bonds is 10. The average molecular weight is 374 g/mol. The molecule has 0 radical (unpaired) electrons. The minimum absolute atomic E-state index is 0.538. The maximum atomic E-state index is 8.61. The summed E-state index contributed by atoms with van der Waals surface area (Å²) in [6.45, 7) is 2.24. The van der Waals surface area contributed by atoms with Crippen LogP contribution in [0.25, 0.3) is 21.5 Å². The summed E-state index contributed by atoms with van der Waals surface area (Å²) < 4.78 is 0. The van der Waals surface area contributed by atoms with E-state index >= 15 is 0 Å². The predicted octanol–water partition coefficient (Wildman–Crippen LogP) is 5.92. The van der Waals surface area contributed by atoms with Crippen LogP contribution in [0.5, 0.6) is 0 Å². The van der Waals surface area contributed by atoms with Gasteiger partial charge in [-0.1, -0.05) is 82.6 Å². The Morgan fingerprint density at radius 2 is 1.00 bits per heavy atom. The smallest absolute Gasteiger partial charge is 0.151 e. The van der Waals surface area contributed by atoms with Crippen molar-refractivity contribution in [3.05, 3.63) is 36.4 Å². The highest BCUT2D eigenvalue weighted by Gasteiger charge is 2.00. The highest BCUT2D eigenvalue weighted by molar-refractivity contribution is 6.03. The lowest BCUT2D eigenvalue weighted by atomic mass is 9.99. The van der Waals surface area contributed by atoms with E-state index in [2.05, 4.69) is 48.6 Å². The van der Waals surface area contributed by atoms with Gasteiger partial charge >= 0.3 is 0 Å². The first kappa shape index (κ1) is 23.6. The van der Waals surface area contributed by atoms with Crippen molar-refractivity contribution in [1.82, 2.24) is 5.32 Å². The molecule has 3 N–H and O–H groups in total. The molecule has 0 aliphatic carbocycles. The molecular weight excluding hydrogens is 334 g/mol. The normalized spacial score (nSPS) is 10.9. The van der Waals surface area contributed by atoms with Crippen LogP contribution in [-0.4, -0.2) is 30.6 Å². The fourth-order valence-corrected chi connectivity index (χ4v) is 3.24. The molecule has 27 heavy (non-hydrogen) atoms. The summed E-state index contributed by atoms with van der Waals surface area (Å²) in [4.78, 5) is 0. The molecule has 0 amide bonds. The summed E-state index contributed by atoms with van der Waals surface area (Å²) in [5, 5.41) is 25.4. The molecule has 0 fully saturated rings. The molecule has 5 aromatic rings. The number of benzene rings is 5. The van der Waals surface area contributed by atoms with Crippen molar-refractivity contribution in [3.8, 4) is 0 Å². The van der Waals surface area contributed by atoms with Crippen LogP contribution in [0.2, 0.25) is 0 Å². The van der Waals surface area contributed by atoms with E-state index in [1.807, 2.05) is 14.1 Å². The van der Waals surface area contributed by atoms with Gasteiger partial charge in [0.1, 0.15) is 0 Å². The second-order valence-corrected chi connectivity index (χ2v) is 7.37. The summed E-state index contributed by atoms with van der Waals surface area (Å²) in [5.41, 5.74) is 0. The molecule has 3 heteroatoms. The Hall–Kier alpha value is -1.42. The van der Waals surface area contributed by atoms with Crippen molar-refractivity contribution in [3.63, 3.8) is 0 Å². The third-order valence-electron chi connectivity index (χ3n) is 4.74. The Kier molecular flexibility index (Phi) is 12.8. The number of hydrogen-bond donors (Lipinski definition) is 3. The lowest BCUT2D eigenvalue weighted by molar-refractivity contribution is -0.0466. The molecule has 4 bridgehead atoms. The highest BCUT2D eigenvalue weighted by atomic mass is 16.5. The Labute approximate surface area is 165 Å². The molecule has 3 nitrogen and oxygen atoms in total. The molecule has 0 aliphatic heterocycles. The van der Waals surface area contributed by atoms with Gasteiger partial charge in [-0.25, -0.2) is 0 Å². The number of nitrogens with one attached hydrogen (secondary N) is 1. The predicted molar refractivity (Wildman–Crippen MR) is 119 cm³/mol. The molecule has 0 saturated heterocycles. The molecule has 0 saturated carbocycles. The largest absolute Gasteiger partial charge is 0.368 e. The molecule has 0 atom stereocenters. The average Bonchev–Trinajstić information content (AvgIpc) is 2.68. The molecular formula is C24H39NO2. The van der Waals surface area contributed by atoms with Gasteiger partial charge in [0.2, 0.25) is 0 Å². The van der Waals surface area contributed by atoms with Gasteiger partial charge in [-0.15, -0.1) is 0 Å². The zero-order valence-electron chi connectivity index (χ0n) is 17.5. The third-order valence-corrected chi connectivity index (χ3v) is 4.74. The molecule has 0 aliphatic rings. The molecule has 5 aromatic carbocycles. The molecule has 5 rings (SSSR count). The van der Waals surface area contributed by atoms with Gasteiger partial charge in [0, 0.05) is 0 Å². The van der Waals surface area contributed by atoms with E-state index in [0.717, 1.165) is 12.8 Å². The zero-order valence-corrected chi connectivity index (χ0v) is 17.5. The van der Waals surface area contributed by atoms with Gasteiger partial charge in [-0.05, 0) is 60.6 Å². The van der Waals surface area contributed by atoms with E-state index < -0.39 is 6.29 Å². The van der Waals surface area contributed by atoms with Gasteiger partial charge in [0.25, 0.3) is 0 Å². The van der Waals surface area contributed by atoms with Crippen LogP contribution in [0, 0.1) is 0 Å². The second-order valence-electron chi connectivity index (χ2n) is 7.37. The lowest BCUT2D eigenvalue weighted by Crippen LogP contribution is -2.02. The summed E-state index contributed by atoms with van der Waals surface area (Å²) in [6.07, 6.45) is 10.9. The number of aliphatic hydroxyl groups excluding tert-OH is 1. The third kappa shape index (κ3) is 9.90. The van der Waals surface area contributed by atoms with E-state index in [9.17, 15) is 0 Å². The second kappa shape index (κ2) is 14.6. The zero-order chi connectivity index (χ0) is 19.9. The maximum absolute atomic E-state index is 8.61. The highest BCUT2D eigenvalue weighted by Crippen LogP contribution is 2.27. The minimum Gasteiger partial charge on any atom is -0.368 e. The van der Waals surface area contributed by atoms with Crippen molar-refractivity contribution in [2.24, 2.45) is 0 Å². The fourth-order valence-electron chi connectivity index (χ4n) is 3.24. The lowest BCUT2D eigenvalue weighted by Gasteiger charge is -2.06. The van der Waals surface area contributed by atoms with Crippen LogP contribution < -0.4 is 5.32 Å². The first-order valence-electron chi connectivity index (χ1n) is 10.6. The SMILES string of the molecule is CCCCCCCCCCCC(O)O.CNC.c1cc2cc3ccc2cc13. The maximum Gasteiger partial charge on any atom is 0.151 e. The van der Waals surface area contributed by atoms with Crippen molar-refractivity contribution in [2.45, 2.75) is 77.4 Å². The topological polar surface area (TPSA) is 52.5 Å². The summed E-state index contributed by atoms with van der Waals surface area (Å²) in [6, 6.07) is 13.2. The van der Waals surface area contributed by atoms with E-state index in [1.54, 1.807) is 0 Å². The minimum atomic E-state index is -1.10. The van der Waals surface area contributed by atoms with Gasteiger partial charge in [-0.2, -0.15) is 0 Å². The molecule has 152 valence electrons. The molecule has 0 unspecified atom stereocenters. The Morgan fingerprint density at radius 3 is 1.30 bits per heavy atom. The van der Waals surface area contributed by atoms with Crippen LogP contribution in [-0.2, 0) is 0 Å². The monoisotopic (exact) mass is 373 g/mol. The van der Waals surface area contributed by atoms with Crippen molar-refractivity contribution < 1.29 is 10.2 Å². The van der Waals surface area contributed by atoms with Gasteiger partial charge in [-0.3, -0.25) is 0 Å². The van der Waals surface area contributed by atoms with Gasteiger partial charge in [0.05, 0.1) is 0 Å². The quantitative estimate of drug-likeness (QED) is 0.305. The van der Waals surface area contributed by atoms with E-state index in [0.29, 0.717) is 6.42 Å². The Morgan fingerprint density at radius 1 is 0.667 bits per heavy atom. The molecule has 0 spiro atoms. The Balaban J connectivity index is 0.000000242. The van der Waals surface area contributed by atoms with E-state index in [-0.39, 0.29) is 0 Å².